The molecule has 132 valence electrons. The first-order chi connectivity index (χ1) is 10.5. The minimum atomic E-state index is -3.16. The first kappa shape index (κ1) is 21.2. The molecule has 0 aromatic rings. The first-order valence-corrected chi connectivity index (χ1v) is 9.44. The van der Waals surface area contributed by atoms with Crippen molar-refractivity contribution in [2.45, 2.75) is 24.5 Å². The summed E-state index contributed by atoms with van der Waals surface area (Å²) < 4.78 is 21.7. The maximum atomic E-state index is 11.4. The van der Waals surface area contributed by atoms with Crippen LogP contribution in [0.15, 0.2) is 0 Å². The molecule has 0 bridgehead atoms. The minimum Gasteiger partial charge on any atom is -0.481 e. The second-order valence-electron chi connectivity index (χ2n) is 4.57. The lowest BCUT2D eigenvalue weighted by molar-refractivity contribution is -0.142. The van der Waals surface area contributed by atoms with Crippen molar-refractivity contribution in [3.05, 3.63) is 0 Å². The molecule has 12 heteroatoms. The molecule has 0 aliphatic carbocycles. The van der Waals surface area contributed by atoms with Crippen LogP contribution in [0.2, 0.25) is 0 Å². The molecule has 1 unspecified atom stereocenters. The quantitative estimate of drug-likeness (QED) is 0.339. The van der Waals surface area contributed by atoms with Crippen molar-refractivity contribution in [3.63, 3.8) is 0 Å². The normalized spacial score (nSPS) is 12.2. The van der Waals surface area contributed by atoms with Crippen molar-refractivity contribution in [3.8, 4) is 0 Å². The number of amides is 2. The van der Waals surface area contributed by atoms with Gasteiger partial charge in [0.15, 0.2) is 0 Å². The van der Waals surface area contributed by atoms with Crippen LogP contribution in [-0.4, -0.2) is 65.4 Å². The van der Waals surface area contributed by atoms with E-state index in [0.29, 0.717) is 11.8 Å². The van der Waals surface area contributed by atoms with Crippen molar-refractivity contribution < 1.29 is 37.8 Å². The van der Waals surface area contributed by atoms with Gasteiger partial charge in [-0.15, -0.1) is 11.8 Å². The van der Waals surface area contributed by atoms with Crippen LogP contribution in [0.25, 0.3) is 0 Å². The van der Waals surface area contributed by atoms with Crippen LogP contribution in [0, 0.1) is 0 Å². The van der Waals surface area contributed by atoms with Gasteiger partial charge in [0.05, 0.1) is 17.9 Å². The highest BCUT2D eigenvalue weighted by Crippen LogP contribution is 2.14. The first-order valence-electron chi connectivity index (χ1n) is 6.33. The number of carboxylic acid groups (broad SMARTS) is 2. The molecular weight excluding hydrogens is 352 g/mol. The zero-order valence-electron chi connectivity index (χ0n) is 12.3. The van der Waals surface area contributed by atoms with Crippen LogP contribution in [0.5, 0.6) is 0 Å². The fraction of sp³-hybridized carbons (Fsp3) is 0.636. The number of aliphatic carboxylic acids is 2. The topological polar surface area (TPSA) is 167 Å². The van der Waals surface area contributed by atoms with Crippen LogP contribution in [0.1, 0.15) is 19.3 Å². The highest BCUT2D eigenvalue weighted by atomic mass is 32.2. The van der Waals surface area contributed by atoms with Gasteiger partial charge >= 0.3 is 11.9 Å². The second kappa shape index (κ2) is 10.0. The molecule has 0 saturated carbocycles. The number of carbonyl (C=O) groups excluding carboxylic acids is 2. The average molecular weight is 370 g/mol. The Kier molecular flexibility index (Phi) is 9.25. The molecule has 10 nitrogen and oxygen atoms in total. The summed E-state index contributed by atoms with van der Waals surface area (Å²) in [5, 5.41) is 16.0. The lowest BCUT2D eigenvalue weighted by Crippen LogP contribution is -2.43. The van der Waals surface area contributed by atoms with Crippen molar-refractivity contribution in [2.75, 3.05) is 17.8 Å². The van der Waals surface area contributed by atoms with Crippen molar-refractivity contribution >= 4 is 45.4 Å². The Morgan fingerprint density at radius 2 is 1.65 bits per heavy atom. The highest BCUT2D eigenvalue weighted by Gasteiger charge is 2.22. The molecule has 4 N–H and O–H groups in total. The Labute approximate surface area is 136 Å². The number of nitrogens with one attached hydrogen (secondary N) is 2. The van der Waals surface area contributed by atoms with E-state index in [9.17, 15) is 27.6 Å². The van der Waals surface area contributed by atoms with Gasteiger partial charge in [-0.2, -0.15) is 0 Å². The number of hydrogen-bond donors (Lipinski definition) is 4. The molecule has 0 radical (unpaired) electrons. The van der Waals surface area contributed by atoms with E-state index in [1.165, 1.54) is 0 Å². The number of rotatable bonds is 10. The molecule has 0 saturated heterocycles. The number of sulfone groups is 1. The summed E-state index contributed by atoms with van der Waals surface area (Å²) in [7, 11) is -3.16. The summed E-state index contributed by atoms with van der Waals surface area (Å²) in [4.78, 5) is 44.0. The maximum absolute atomic E-state index is 11.4. The van der Waals surface area contributed by atoms with E-state index in [-0.39, 0.29) is 24.3 Å². The second-order valence-corrected chi connectivity index (χ2v) is 8.02. The van der Waals surface area contributed by atoms with Crippen LogP contribution >= 0.6 is 11.8 Å². The molecule has 1 atom stereocenters. The van der Waals surface area contributed by atoms with E-state index in [1.54, 1.807) is 0 Å². The molecule has 0 rings (SSSR count). The summed E-state index contributed by atoms with van der Waals surface area (Å²) in [5.74, 6) is -4.46. The Bertz CT molecular complexity index is 560. The van der Waals surface area contributed by atoms with Gasteiger partial charge in [0.25, 0.3) is 0 Å². The number of hydrazine groups is 1. The Balaban J connectivity index is 4.03. The van der Waals surface area contributed by atoms with E-state index >= 15 is 0 Å². The average Bonchev–Trinajstić information content (AvgIpc) is 2.39. The summed E-state index contributed by atoms with van der Waals surface area (Å²) >= 11 is 0.616. The van der Waals surface area contributed by atoms with Crippen LogP contribution < -0.4 is 10.9 Å². The predicted octanol–water partition coefficient (Wildman–Crippen LogP) is -1.38. The van der Waals surface area contributed by atoms with Gasteiger partial charge in [-0.3, -0.25) is 30.0 Å². The maximum Gasteiger partial charge on any atom is 0.317 e. The summed E-state index contributed by atoms with van der Waals surface area (Å²) in [5.41, 5.74) is 4.08. The van der Waals surface area contributed by atoms with Gasteiger partial charge < -0.3 is 10.2 Å². The number of carboxylic acids is 2. The Morgan fingerprint density at radius 3 is 2.13 bits per heavy atom. The number of thioether (sulfide) groups is 1. The van der Waals surface area contributed by atoms with Gasteiger partial charge in [-0.1, -0.05) is 0 Å². The molecule has 2 amide bonds. The van der Waals surface area contributed by atoms with Crippen LogP contribution in [0.3, 0.4) is 0 Å². The van der Waals surface area contributed by atoms with E-state index in [1.807, 2.05) is 5.43 Å². The minimum absolute atomic E-state index is 0.0999. The Morgan fingerprint density at radius 1 is 1.09 bits per heavy atom. The standard InChI is InChI=1S/C11H18N2O8S2/c1-23(20,21)4-2-3-8(14)12-13-9(15)6-22-7(11(18)19)5-10(16)17/h7H,2-6H2,1H3,(H,12,14)(H,13,15)(H,16,17)(H,18,19). The Hall–Kier alpha value is -1.82. The molecule has 23 heavy (non-hydrogen) atoms. The lowest BCUT2D eigenvalue weighted by Gasteiger charge is -2.10. The largest absolute Gasteiger partial charge is 0.481 e. The third kappa shape index (κ3) is 12.4. The summed E-state index contributed by atoms with van der Waals surface area (Å²) in [6, 6.07) is 0. The van der Waals surface area contributed by atoms with Gasteiger partial charge in [-0.05, 0) is 6.42 Å². The van der Waals surface area contributed by atoms with Crippen molar-refractivity contribution in [1.82, 2.24) is 10.9 Å². The monoisotopic (exact) mass is 370 g/mol. The molecule has 0 fully saturated rings. The predicted molar refractivity (Wildman–Crippen MR) is 81.4 cm³/mol. The fourth-order valence-corrected chi connectivity index (χ4v) is 2.78. The smallest absolute Gasteiger partial charge is 0.317 e. The summed E-state index contributed by atoms with van der Waals surface area (Å²) in [6.45, 7) is 0. The van der Waals surface area contributed by atoms with Gasteiger partial charge in [-0.25, -0.2) is 8.42 Å². The molecule has 0 heterocycles. The van der Waals surface area contributed by atoms with Crippen LogP contribution in [-0.2, 0) is 29.0 Å². The van der Waals surface area contributed by atoms with Gasteiger partial charge in [0.2, 0.25) is 11.8 Å². The van der Waals surface area contributed by atoms with Crippen molar-refractivity contribution in [2.24, 2.45) is 0 Å². The molecule has 0 aliphatic rings. The molecule has 0 aromatic heterocycles. The fourth-order valence-electron chi connectivity index (χ4n) is 1.29. The van der Waals surface area contributed by atoms with Gasteiger partial charge in [0.1, 0.15) is 15.1 Å². The van der Waals surface area contributed by atoms with Crippen molar-refractivity contribution in [1.29, 1.82) is 0 Å². The summed E-state index contributed by atoms with van der Waals surface area (Å²) in [6.07, 6.45) is 0.414. The SMILES string of the molecule is CS(=O)(=O)CCCC(=O)NNC(=O)CSC(CC(=O)O)C(=O)O. The molecule has 0 spiro atoms. The highest BCUT2D eigenvalue weighted by molar-refractivity contribution is 8.01. The van der Waals surface area contributed by atoms with E-state index < -0.39 is 45.3 Å². The number of hydrogen-bond acceptors (Lipinski definition) is 7. The zero-order valence-corrected chi connectivity index (χ0v) is 13.9. The van der Waals surface area contributed by atoms with E-state index in [2.05, 4.69) is 5.43 Å². The van der Waals surface area contributed by atoms with Crippen LogP contribution in [0.4, 0.5) is 0 Å². The molecule has 0 aromatic carbocycles. The molecular formula is C11H18N2O8S2. The van der Waals surface area contributed by atoms with Gasteiger partial charge in [0, 0.05) is 12.7 Å². The zero-order chi connectivity index (χ0) is 18.0. The third-order valence-electron chi connectivity index (χ3n) is 2.31. The van der Waals surface area contributed by atoms with E-state index in [0.717, 1.165) is 6.26 Å². The third-order valence-corrected chi connectivity index (χ3v) is 4.54. The molecule has 0 aliphatic heterocycles. The van der Waals surface area contributed by atoms with E-state index in [4.69, 9.17) is 10.2 Å². The lowest BCUT2D eigenvalue weighted by atomic mass is 10.3. The number of carbonyl (C=O) groups is 4.